The molecule has 1 saturated heterocycles. The van der Waals surface area contributed by atoms with Crippen molar-refractivity contribution < 1.29 is 4.42 Å². The van der Waals surface area contributed by atoms with Crippen molar-refractivity contribution in [2.45, 2.75) is 38.8 Å². The van der Waals surface area contributed by atoms with Gasteiger partial charge in [-0.05, 0) is 43.5 Å². The summed E-state index contributed by atoms with van der Waals surface area (Å²) in [6.07, 6.45) is 3.60. The summed E-state index contributed by atoms with van der Waals surface area (Å²) in [5.41, 5.74) is 8.43. The standard InChI is InChI=1S/C17H22N2O2.ClH/c1-12-5-6-15-13(9-17(20)21-16(15)8-12)11-19-7-3-2-4-14(19)10-18;/h5-6,8-9,14H,2-4,7,10-11,18H2,1H3;1H. The topological polar surface area (TPSA) is 59.5 Å². The van der Waals surface area contributed by atoms with Crippen LogP contribution in [0.15, 0.2) is 33.5 Å². The monoisotopic (exact) mass is 322 g/mol. The number of benzene rings is 1. The van der Waals surface area contributed by atoms with E-state index in [-0.39, 0.29) is 18.0 Å². The number of hydrogen-bond acceptors (Lipinski definition) is 4. The van der Waals surface area contributed by atoms with E-state index in [1.165, 1.54) is 12.8 Å². The van der Waals surface area contributed by atoms with Crippen molar-refractivity contribution in [1.82, 2.24) is 4.90 Å². The van der Waals surface area contributed by atoms with Crippen LogP contribution in [0.2, 0.25) is 0 Å². The maximum absolute atomic E-state index is 11.8. The van der Waals surface area contributed by atoms with Crippen LogP contribution in [0.4, 0.5) is 0 Å². The molecule has 1 aliphatic rings. The van der Waals surface area contributed by atoms with Gasteiger partial charge in [0, 0.05) is 30.6 Å². The van der Waals surface area contributed by atoms with E-state index in [9.17, 15) is 4.79 Å². The molecule has 1 aromatic heterocycles. The number of hydrogen-bond donors (Lipinski definition) is 1. The number of likely N-dealkylation sites (tertiary alicyclic amines) is 1. The lowest BCUT2D eigenvalue weighted by atomic mass is 10.0. The molecule has 5 heteroatoms. The van der Waals surface area contributed by atoms with Crippen molar-refractivity contribution in [2.24, 2.45) is 5.73 Å². The highest BCUT2D eigenvalue weighted by Gasteiger charge is 2.22. The van der Waals surface area contributed by atoms with Gasteiger partial charge in [0.05, 0.1) is 0 Å². The van der Waals surface area contributed by atoms with E-state index < -0.39 is 0 Å². The van der Waals surface area contributed by atoms with Crippen LogP contribution >= 0.6 is 12.4 Å². The second kappa shape index (κ2) is 7.27. The predicted molar refractivity (Wildman–Crippen MR) is 91.6 cm³/mol. The van der Waals surface area contributed by atoms with Crippen molar-refractivity contribution in [1.29, 1.82) is 0 Å². The Labute approximate surface area is 136 Å². The molecule has 4 nitrogen and oxygen atoms in total. The van der Waals surface area contributed by atoms with Gasteiger partial charge in [-0.25, -0.2) is 4.79 Å². The molecule has 120 valence electrons. The van der Waals surface area contributed by atoms with Crippen LogP contribution in [0.3, 0.4) is 0 Å². The molecule has 0 radical (unpaired) electrons. The molecule has 2 N–H and O–H groups in total. The predicted octanol–water partition coefficient (Wildman–Crippen LogP) is 2.84. The van der Waals surface area contributed by atoms with Crippen molar-refractivity contribution >= 4 is 23.4 Å². The summed E-state index contributed by atoms with van der Waals surface area (Å²) in [6, 6.07) is 8.08. The molecule has 0 bridgehead atoms. The average Bonchev–Trinajstić information content (AvgIpc) is 2.47. The molecule has 3 rings (SSSR count). The first-order valence-electron chi connectivity index (χ1n) is 7.65. The van der Waals surface area contributed by atoms with Crippen LogP contribution in [0.1, 0.15) is 30.4 Å². The summed E-state index contributed by atoms with van der Waals surface area (Å²) in [4.78, 5) is 14.2. The maximum Gasteiger partial charge on any atom is 0.336 e. The van der Waals surface area contributed by atoms with Gasteiger partial charge in [0.2, 0.25) is 0 Å². The number of aryl methyl sites for hydroxylation is 1. The Hall–Kier alpha value is -1.36. The largest absolute Gasteiger partial charge is 0.423 e. The van der Waals surface area contributed by atoms with E-state index in [1.807, 2.05) is 19.1 Å². The van der Waals surface area contributed by atoms with Crippen LogP contribution < -0.4 is 11.4 Å². The van der Waals surface area contributed by atoms with Crippen LogP contribution in [-0.2, 0) is 6.54 Å². The van der Waals surface area contributed by atoms with Gasteiger partial charge >= 0.3 is 5.63 Å². The Kier molecular flexibility index (Phi) is 5.62. The molecule has 0 saturated carbocycles. The van der Waals surface area contributed by atoms with Gasteiger partial charge in [0.15, 0.2) is 0 Å². The number of nitrogens with two attached hydrogens (primary N) is 1. The smallest absolute Gasteiger partial charge is 0.336 e. The molecule has 1 atom stereocenters. The van der Waals surface area contributed by atoms with Gasteiger partial charge < -0.3 is 10.2 Å². The fourth-order valence-electron chi connectivity index (χ4n) is 3.22. The minimum Gasteiger partial charge on any atom is -0.423 e. The quantitative estimate of drug-likeness (QED) is 0.883. The van der Waals surface area contributed by atoms with Crippen LogP contribution in [-0.4, -0.2) is 24.0 Å². The molecular formula is C17H23ClN2O2. The lowest BCUT2D eigenvalue weighted by molar-refractivity contribution is 0.145. The molecule has 1 unspecified atom stereocenters. The lowest BCUT2D eigenvalue weighted by Crippen LogP contribution is -2.43. The molecule has 1 aromatic carbocycles. The average molecular weight is 323 g/mol. The van der Waals surface area contributed by atoms with Gasteiger partial charge in [0.1, 0.15) is 5.58 Å². The minimum atomic E-state index is -0.274. The molecule has 22 heavy (non-hydrogen) atoms. The number of piperidine rings is 1. The van der Waals surface area contributed by atoms with Crippen LogP contribution in [0.25, 0.3) is 11.0 Å². The summed E-state index contributed by atoms with van der Waals surface area (Å²) in [5.74, 6) is 0. The third-order valence-corrected chi connectivity index (χ3v) is 4.38. The molecular weight excluding hydrogens is 300 g/mol. The summed E-state index contributed by atoms with van der Waals surface area (Å²) in [5, 5.41) is 1.03. The third kappa shape index (κ3) is 3.51. The van der Waals surface area contributed by atoms with Gasteiger partial charge in [-0.3, -0.25) is 4.90 Å². The van der Waals surface area contributed by atoms with E-state index in [0.717, 1.165) is 36.0 Å². The van der Waals surface area contributed by atoms with Gasteiger partial charge in [0.25, 0.3) is 0 Å². The van der Waals surface area contributed by atoms with Crippen molar-refractivity contribution in [3.8, 4) is 0 Å². The zero-order valence-electron chi connectivity index (χ0n) is 12.9. The SMILES string of the molecule is Cc1ccc2c(CN3CCCCC3CN)cc(=O)oc2c1.Cl. The Morgan fingerprint density at radius 1 is 1.32 bits per heavy atom. The summed E-state index contributed by atoms with van der Waals surface area (Å²) < 4.78 is 5.33. The van der Waals surface area contributed by atoms with Gasteiger partial charge in [-0.2, -0.15) is 0 Å². The number of nitrogens with zero attached hydrogens (tertiary/aromatic N) is 1. The fourth-order valence-corrected chi connectivity index (χ4v) is 3.22. The summed E-state index contributed by atoms with van der Waals surface area (Å²) in [6.45, 7) is 4.50. The normalized spacial score (nSPS) is 19.1. The minimum absolute atomic E-state index is 0. The number of rotatable bonds is 3. The van der Waals surface area contributed by atoms with Crippen LogP contribution in [0.5, 0.6) is 0 Å². The highest BCUT2D eigenvalue weighted by atomic mass is 35.5. The molecule has 0 aliphatic carbocycles. The lowest BCUT2D eigenvalue weighted by Gasteiger charge is -2.35. The first-order chi connectivity index (χ1) is 10.2. The van der Waals surface area contributed by atoms with Gasteiger partial charge in [-0.15, -0.1) is 12.4 Å². The Morgan fingerprint density at radius 3 is 2.91 bits per heavy atom. The highest BCUT2D eigenvalue weighted by molar-refractivity contribution is 5.85. The fraction of sp³-hybridized carbons (Fsp3) is 0.471. The van der Waals surface area contributed by atoms with Crippen LogP contribution in [0, 0.1) is 6.92 Å². The second-order valence-corrected chi connectivity index (χ2v) is 5.95. The van der Waals surface area contributed by atoms with Crippen molar-refractivity contribution in [3.05, 3.63) is 45.8 Å². The van der Waals surface area contributed by atoms with E-state index in [4.69, 9.17) is 10.2 Å². The Balaban J connectivity index is 0.00000176. The van der Waals surface area contributed by atoms with E-state index >= 15 is 0 Å². The number of halogens is 1. The summed E-state index contributed by atoms with van der Waals surface area (Å²) in [7, 11) is 0. The molecule has 2 aromatic rings. The van der Waals surface area contributed by atoms with Crippen molar-refractivity contribution in [3.63, 3.8) is 0 Å². The molecule has 0 amide bonds. The molecule has 1 fully saturated rings. The zero-order valence-corrected chi connectivity index (χ0v) is 13.7. The van der Waals surface area contributed by atoms with E-state index in [0.29, 0.717) is 18.2 Å². The number of fused-ring (bicyclic) bond motifs is 1. The zero-order chi connectivity index (χ0) is 14.8. The second-order valence-electron chi connectivity index (χ2n) is 5.95. The van der Waals surface area contributed by atoms with E-state index in [2.05, 4.69) is 11.0 Å². The molecule has 0 spiro atoms. The van der Waals surface area contributed by atoms with E-state index in [1.54, 1.807) is 6.07 Å². The molecule has 2 heterocycles. The van der Waals surface area contributed by atoms with Gasteiger partial charge in [-0.1, -0.05) is 18.6 Å². The first kappa shape index (κ1) is 17.0. The van der Waals surface area contributed by atoms with Crippen molar-refractivity contribution in [2.75, 3.05) is 13.1 Å². The summed E-state index contributed by atoms with van der Waals surface area (Å²) >= 11 is 0. The first-order valence-corrected chi connectivity index (χ1v) is 7.65. The molecule has 1 aliphatic heterocycles. The Bertz CT molecular complexity index is 699. The maximum atomic E-state index is 11.8. The third-order valence-electron chi connectivity index (χ3n) is 4.38. The highest BCUT2D eigenvalue weighted by Crippen LogP contribution is 2.23. The Morgan fingerprint density at radius 2 is 2.14 bits per heavy atom.